The molecule has 3 heterocycles. The minimum absolute atomic E-state index is 0.0637. The molecule has 0 unspecified atom stereocenters. The van der Waals surface area contributed by atoms with Gasteiger partial charge in [0.15, 0.2) is 0 Å². The van der Waals surface area contributed by atoms with Gasteiger partial charge in [-0.25, -0.2) is 4.98 Å². The van der Waals surface area contributed by atoms with Gasteiger partial charge in [-0.05, 0) is 147 Å². The van der Waals surface area contributed by atoms with Gasteiger partial charge in [0.25, 0.3) is 0 Å². The third-order valence-corrected chi connectivity index (χ3v) is 15.0. The fraction of sp³-hybridized carbons (Fsp3) is 0.221. The molecule has 0 bridgehead atoms. The summed E-state index contributed by atoms with van der Waals surface area (Å²) >= 11 is 0. The van der Waals surface area contributed by atoms with Crippen LogP contribution in [0.2, 0.25) is 0 Å². The van der Waals surface area contributed by atoms with Crippen molar-refractivity contribution in [3.05, 3.63) is 222 Å². The predicted molar refractivity (Wildman–Crippen MR) is 311 cm³/mol. The molecular weight excluding hydrogens is 887 g/mol. The maximum atomic E-state index is 5.08. The average Bonchev–Trinajstić information content (AvgIpc) is 3.68. The number of aromatic nitrogens is 1. The number of hydrogen-bond acceptors (Lipinski definition) is 5. The summed E-state index contributed by atoms with van der Waals surface area (Å²) in [5, 5.41) is 0. The first kappa shape index (κ1) is 47.4. The van der Waals surface area contributed by atoms with E-state index in [1.807, 2.05) is 12.3 Å². The molecular formula is C68H67N5. The third-order valence-electron chi connectivity index (χ3n) is 15.0. The van der Waals surface area contributed by atoms with Gasteiger partial charge in [-0.2, -0.15) is 0 Å². The SMILES string of the molecule is Cc1cc2c(cc1C)N(c1c(-c3ccccc3)cccc1C(C)(C)C)CN2c1cc(N(c2ccccc2)c2ccc3c(c2)N(c2ccccn2)c2cc(C(C)(C)C)ccc2-c2ccccc2-3)cc(C(C)(C)C)c1. The van der Waals surface area contributed by atoms with Gasteiger partial charge >= 0.3 is 0 Å². The number of hydrogen-bond donors (Lipinski definition) is 0. The van der Waals surface area contributed by atoms with Crippen LogP contribution in [-0.2, 0) is 16.2 Å². The van der Waals surface area contributed by atoms with Crippen molar-refractivity contribution < 1.29 is 0 Å². The highest BCUT2D eigenvalue weighted by Gasteiger charge is 2.36. The Labute approximate surface area is 434 Å². The number of para-hydroxylation sites is 2. The van der Waals surface area contributed by atoms with Crippen molar-refractivity contribution in [1.29, 1.82) is 0 Å². The minimum atomic E-state index is -0.167. The lowest BCUT2D eigenvalue weighted by molar-refractivity contribution is 0.589. The van der Waals surface area contributed by atoms with Crippen molar-refractivity contribution in [2.75, 3.05) is 26.3 Å². The van der Waals surface area contributed by atoms with Crippen LogP contribution in [0.3, 0.4) is 0 Å². The number of benzene rings is 8. The van der Waals surface area contributed by atoms with E-state index in [4.69, 9.17) is 4.98 Å². The molecule has 0 radical (unpaired) electrons. The molecule has 73 heavy (non-hydrogen) atoms. The fourth-order valence-corrected chi connectivity index (χ4v) is 10.8. The van der Waals surface area contributed by atoms with E-state index in [9.17, 15) is 0 Å². The van der Waals surface area contributed by atoms with Gasteiger partial charge in [0.05, 0.1) is 28.4 Å². The molecule has 0 fully saturated rings. The first-order chi connectivity index (χ1) is 34.9. The highest BCUT2D eigenvalue weighted by molar-refractivity contribution is 6.03. The molecule has 0 saturated heterocycles. The minimum Gasteiger partial charge on any atom is -0.321 e. The highest BCUT2D eigenvalue weighted by atomic mass is 15.4. The summed E-state index contributed by atoms with van der Waals surface area (Å²) in [5.74, 6) is 0.871. The zero-order valence-electron chi connectivity index (χ0n) is 44.4. The molecule has 0 spiro atoms. The topological polar surface area (TPSA) is 25.9 Å². The van der Waals surface area contributed by atoms with E-state index in [0.29, 0.717) is 6.67 Å². The fourth-order valence-electron chi connectivity index (χ4n) is 10.8. The van der Waals surface area contributed by atoms with Gasteiger partial charge in [0.2, 0.25) is 0 Å². The maximum Gasteiger partial charge on any atom is 0.137 e. The second-order valence-corrected chi connectivity index (χ2v) is 23.2. The second-order valence-electron chi connectivity index (χ2n) is 23.2. The van der Waals surface area contributed by atoms with Crippen LogP contribution in [0.5, 0.6) is 0 Å². The lowest BCUT2D eigenvalue weighted by Gasteiger charge is -2.33. The Morgan fingerprint density at radius 2 is 1.00 bits per heavy atom. The Balaban J connectivity index is 1.14. The molecule has 0 amide bonds. The molecule has 9 aromatic rings. The van der Waals surface area contributed by atoms with E-state index in [0.717, 1.165) is 45.5 Å². The maximum absolute atomic E-state index is 5.08. The van der Waals surface area contributed by atoms with Crippen molar-refractivity contribution in [3.8, 4) is 33.4 Å². The molecule has 364 valence electrons. The quantitative estimate of drug-likeness (QED) is 0.159. The average molecular weight is 954 g/mol. The third kappa shape index (κ3) is 8.65. The molecule has 0 saturated carbocycles. The molecule has 2 aliphatic rings. The van der Waals surface area contributed by atoms with E-state index >= 15 is 0 Å². The Morgan fingerprint density at radius 1 is 0.411 bits per heavy atom. The van der Waals surface area contributed by atoms with Crippen LogP contribution >= 0.6 is 0 Å². The van der Waals surface area contributed by atoms with Crippen molar-refractivity contribution >= 4 is 57.0 Å². The molecule has 5 heteroatoms. The zero-order chi connectivity index (χ0) is 51.0. The summed E-state index contributed by atoms with van der Waals surface area (Å²) in [4.78, 5) is 15.1. The van der Waals surface area contributed by atoms with Crippen LogP contribution in [-0.4, -0.2) is 11.7 Å². The molecule has 8 aromatic carbocycles. The number of aryl methyl sites for hydroxylation is 2. The first-order valence-electron chi connectivity index (χ1n) is 25.9. The summed E-state index contributed by atoms with van der Waals surface area (Å²) in [5.41, 5.74) is 23.5. The van der Waals surface area contributed by atoms with Crippen molar-refractivity contribution in [2.24, 2.45) is 0 Å². The number of pyridine rings is 1. The highest BCUT2D eigenvalue weighted by Crippen LogP contribution is 2.55. The van der Waals surface area contributed by atoms with Crippen molar-refractivity contribution in [1.82, 2.24) is 4.98 Å². The summed E-state index contributed by atoms with van der Waals surface area (Å²) in [6.45, 7) is 26.0. The van der Waals surface area contributed by atoms with E-state index in [2.05, 4.69) is 278 Å². The second kappa shape index (κ2) is 18.0. The van der Waals surface area contributed by atoms with Gasteiger partial charge in [-0.3, -0.25) is 4.90 Å². The van der Waals surface area contributed by atoms with Crippen molar-refractivity contribution in [2.45, 2.75) is 92.4 Å². The first-order valence-corrected chi connectivity index (χ1v) is 25.9. The molecule has 0 N–H and O–H groups in total. The normalized spacial score (nSPS) is 13.3. The molecule has 1 aromatic heterocycles. The van der Waals surface area contributed by atoms with Crippen LogP contribution in [0.1, 0.15) is 90.1 Å². The molecule has 0 aliphatic carbocycles. The van der Waals surface area contributed by atoms with Crippen LogP contribution < -0.4 is 19.6 Å². The number of anilines is 10. The van der Waals surface area contributed by atoms with E-state index < -0.39 is 0 Å². The zero-order valence-corrected chi connectivity index (χ0v) is 44.4. The van der Waals surface area contributed by atoms with E-state index in [1.165, 1.54) is 72.7 Å². The molecule has 5 nitrogen and oxygen atoms in total. The Bertz CT molecular complexity index is 3520. The lowest BCUT2D eigenvalue weighted by Crippen LogP contribution is -2.27. The smallest absolute Gasteiger partial charge is 0.137 e. The van der Waals surface area contributed by atoms with Crippen LogP contribution in [0.15, 0.2) is 194 Å². The number of fused-ring (bicyclic) bond motifs is 6. The van der Waals surface area contributed by atoms with Gasteiger partial charge in [0, 0.05) is 45.6 Å². The number of nitrogens with zero attached hydrogens (tertiary/aromatic N) is 5. The van der Waals surface area contributed by atoms with E-state index in [1.54, 1.807) is 0 Å². The van der Waals surface area contributed by atoms with Crippen LogP contribution in [0.25, 0.3) is 33.4 Å². The van der Waals surface area contributed by atoms with Crippen LogP contribution in [0.4, 0.5) is 57.0 Å². The Hall–Kier alpha value is -7.89. The molecule has 2 aliphatic heterocycles. The summed E-state index contributed by atoms with van der Waals surface area (Å²) in [7, 11) is 0. The Morgan fingerprint density at radius 3 is 1.63 bits per heavy atom. The summed E-state index contributed by atoms with van der Waals surface area (Å²) in [6, 6.07) is 69.9. The van der Waals surface area contributed by atoms with Crippen LogP contribution in [0, 0.1) is 13.8 Å². The van der Waals surface area contributed by atoms with Gasteiger partial charge < -0.3 is 14.7 Å². The van der Waals surface area contributed by atoms with Gasteiger partial charge in [-0.15, -0.1) is 0 Å². The molecule has 11 rings (SSSR count). The summed E-state index contributed by atoms with van der Waals surface area (Å²) in [6.07, 6.45) is 1.91. The van der Waals surface area contributed by atoms with Gasteiger partial charge in [-0.1, -0.05) is 178 Å². The Kier molecular flexibility index (Phi) is 11.7. The lowest BCUT2D eigenvalue weighted by atomic mass is 9.83. The monoisotopic (exact) mass is 954 g/mol. The number of rotatable bonds is 7. The van der Waals surface area contributed by atoms with Crippen molar-refractivity contribution in [3.63, 3.8) is 0 Å². The van der Waals surface area contributed by atoms with Gasteiger partial charge in [0.1, 0.15) is 12.5 Å². The predicted octanol–water partition coefficient (Wildman–Crippen LogP) is 19.1. The molecule has 0 atom stereocenters. The largest absolute Gasteiger partial charge is 0.321 e. The standard InChI is InChI=1S/C68H67N5/c1-45-37-62-63(38-46(45)2)71(65-54(47-23-14-12-15-24-47)29-22-30-59(65)68(9,10)11)44-70(62)52-39-49(67(6,7)8)40-53(42-52)72(50-25-16-13-17-26-50)51-33-35-58-56-28-19-18-27-55(56)57-34-32-48(66(3,4)5)41-60(57)73(61(58)43-51)64-31-20-21-36-69-64/h12-43H,44H2,1-11H3. The van der Waals surface area contributed by atoms with E-state index in [-0.39, 0.29) is 16.2 Å². The summed E-state index contributed by atoms with van der Waals surface area (Å²) < 4.78 is 0.